The lowest BCUT2D eigenvalue weighted by atomic mass is 10.1. The van der Waals surface area contributed by atoms with Crippen molar-refractivity contribution in [1.29, 1.82) is 0 Å². The first-order chi connectivity index (χ1) is 9.00. The number of carbonyl (C=O) groups is 1. The summed E-state index contributed by atoms with van der Waals surface area (Å²) in [5.74, 6) is 0.000981. The van der Waals surface area contributed by atoms with Crippen molar-refractivity contribution in [3.05, 3.63) is 33.8 Å². The molecule has 1 N–H and O–H groups in total. The molecule has 7 heteroatoms. The van der Waals surface area contributed by atoms with Gasteiger partial charge in [0.05, 0.1) is 10.0 Å². The minimum atomic E-state index is -0.975. The zero-order valence-electron chi connectivity index (χ0n) is 10.0. The lowest BCUT2D eigenvalue weighted by Crippen LogP contribution is -2.43. The molecule has 0 saturated carbocycles. The summed E-state index contributed by atoms with van der Waals surface area (Å²) in [6, 6.07) is 4.13. The monoisotopic (exact) mass is 321 g/mol. The van der Waals surface area contributed by atoms with Crippen molar-refractivity contribution in [2.75, 3.05) is 24.6 Å². The minimum Gasteiger partial charge on any atom is -0.480 e. The Morgan fingerprint density at radius 1 is 1.32 bits per heavy atom. The highest BCUT2D eigenvalue weighted by atomic mass is 35.5. The molecule has 1 aromatic rings. The maximum Gasteiger partial charge on any atom is 0.325 e. The fourth-order valence-corrected chi connectivity index (χ4v) is 3.62. The maximum atomic E-state index is 11.5. The van der Waals surface area contributed by atoms with Gasteiger partial charge in [0.15, 0.2) is 0 Å². The average molecular weight is 322 g/mol. The highest BCUT2D eigenvalue weighted by Gasteiger charge is 2.31. The molecule has 4 nitrogen and oxygen atoms in total. The van der Waals surface area contributed by atoms with Crippen LogP contribution in [0.5, 0.6) is 0 Å². The predicted molar refractivity (Wildman–Crippen MR) is 76.3 cm³/mol. The molecule has 1 aromatic carbocycles. The van der Waals surface area contributed by atoms with Crippen molar-refractivity contribution >= 4 is 40.0 Å². The normalized spacial score (nSPS) is 19.3. The topological polar surface area (TPSA) is 57.6 Å². The zero-order valence-corrected chi connectivity index (χ0v) is 12.3. The minimum absolute atomic E-state index is 0.267. The Morgan fingerprint density at radius 2 is 1.95 bits per heavy atom. The van der Waals surface area contributed by atoms with E-state index in [1.807, 2.05) is 0 Å². The molecule has 0 radical (unpaired) electrons. The van der Waals surface area contributed by atoms with Crippen molar-refractivity contribution in [3.8, 4) is 0 Å². The van der Waals surface area contributed by atoms with Crippen LogP contribution in [0.3, 0.4) is 0 Å². The Kier molecular flexibility index (Phi) is 4.84. The first kappa shape index (κ1) is 14.8. The quantitative estimate of drug-likeness (QED) is 0.927. The highest BCUT2D eigenvalue weighted by Crippen LogP contribution is 2.33. The molecule has 0 aliphatic carbocycles. The summed E-state index contributed by atoms with van der Waals surface area (Å²) in [5.41, 5.74) is 0.481. The summed E-state index contributed by atoms with van der Waals surface area (Å²) in [7, 11) is -0.850. The van der Waals surface area contributed by atoms with Crippen LogP contribution >= 0.6 is 23.2 Å². The molecule has 1 heterocycles. The molecule has 2 rings (SSSR count). The second-order valence-electron chi connectivity index (χ2n) is 4.27. The Hall–Kier alpha value is -0.620. The number of rotatable bonds is 3. The van der Waals surface area contributed by atoms with E-state index in [1.54, 1.807) is 23.1 Å². The average Bonchev–Trinajstić information content (AvgIpc) is 2.37. The van der Waals surface area contributed by atoms with Crippen LogP contribution < -0.4 is 0 Å². The van der Waals surface area contributed by atoms with E-state index in [0.717, 1.165) is 0 Å². The third-order valence-corrected chi connectivity index (χ3v) is 5.20. The van der Waals surface area contributed by atoms with Gasteiger partial charge in [-0.3, -0.25) is 13.9 Å². The summed E-state index contributed by atoms with van der Waals surface area (Å²) in [6.45, 7) is 0.957. The van der Waals surface area contributed by atoms with Crippen LogP contribution in [0.2, 0.25) is 10.0 Å². The SMILES string of the molecule is O=C(O)C(c1cccc(Cl)c1Cl)N1CCS(=O)CC1. The van der Waals surface area contributed by atoms with Gasteiger partial charge in [-0.2, -0.15) is 0 Å². The highest BCUT2D eigenvalue weighted by molar-refractivity contribution is 7.85. The fourth-order valence-electron chi connectivity index (χ4n) is 2.13. The molecule has 1 aliphatic rings. The first-order valence-electron chi connectivity index (χ1n) is 5.76. The number of carboxylic acids is 1. The van der Waals surface area contributed by atoms with E-state index in [1.165, 1.54) is 0 Å². The Morgan fingerprint density at radius 3 is 2.53 bits per heavy atom. The summed E-state index contributed by atoms with van der Waals surface area (Å²) in [4.78, 5) is 13.3. The van der Waals surface area contributed by atoms with Gasteiger partial charge in [0.1, 0.15) is 6.04 Å². The van der Waals surface area contributed by atoms with Crippen LogP contribution in [0.15, 0.2) is 18.2 Å². The molecule has 1 unspecified atom stereocenters. The number of aliphatic carboxylic acids is 1. The van der Waals surface area contributed by atoms with Crippen molar-refractivity contribution < 1.29 is 14.1 Å². The molecule has 1 saturated heterocycles. The van der Waals surface area contributed by atoms with E-state index < -0.39 is 22.8 Å². The van der Waals surface area contributed by atoms with Gasteiger partial charge in [0, 0.05) is 41.0 Å². The summed E-state index contributed by atoms with van der Waals surface area (Å²) < 4.78 is 11.3. The van der Waals surface area contributed by atoms with Crippen LogP contribution in [0.1, 0.15) is 11.6 Å². The molecule has 0 spiro atoms. The second kappa shape index (κ2) is 6.22. The van der Waals surface area contributed by atoms with Crippen LogP contribution in [-0.2, 0) is 15.6 Å². The van der Waals surface area contributed by atoms with Gasteiger partial charge in [0.2, 0.25) is 0 Å². The third-order valence-electron chi connectivity index (χ3n) is 3.09. The van der Waals surface area contributed by atoms with Gasteiger partial charge >= 0.3 is 5.97 Å². The largest absolute Gasteiger partial charge is 0.480 e. The molecule has 1 atom stereocenters. The Bertz CT molecular complexity index is 514. The van der Waals surface area contributed by atoms with Crippen molar-refractivity contribution in [2.24, 2.45) is 0 Å². The van der Waals surface area contributed by atoms with E-state index in [-0.39, 0.29) is 5.02 Å². The molecule has 1 aliphatic heterocycles. The van der Waals surface area contributed by atoms with E-state index in [9.17, 15) is 14.1 Å². The van der Waals surface area contributed by atoms with Crippen molar-refractivity contribution in [3.63, 3.8) is 0 Å². The molecular formula is C12H13Cl2NO3S. The lowest BCUT2D eigenvalue weighted by molar-refractivity contribution is -0.143. The molecular weight excluding hydrogens is 309 g/mol. The molecule has 0 amide bonds. The van der Waals surface area contributed by atoms with Crippen LogP contribution in [0.4, 0.5) is 0 Å². The van der Waals surface area contributed by atoms with Crippen LogP contribution in [-0.4, -0.2) is 44.8 Å². The zero-order chi connectivity index (χ0) is 14.0. The van der Waals surface area contributed by atoms with E-state index in [4.69, 9.17) is 23.2 Å². The summed E-state index contributed by atoms with van der Waals surface area (Å²) >= 11 is 12.0. The second-order valence-corrected chi connectivity index (χ2v) is 6.75. The van der Waals surface area contributed by atoms with Gasteiger partial charge < -0.3 is 5.11 Å². The van der Waals surface area contributed by atoms with E-state index in [2.05, 4.69) is 0 Å². The van der Waals surface area contributed by atoms with Gasteiger partial charge in [-0.05, 0) is 6.07 Å². The van der Waals surface area contributed by atoms with Gasteiger partial charge in [-0.15, -0.1) is 0 Å². The van der Waals surface area contributed by atoms with Crippen molar-refractivity contribution in [2.45, 2.75) is 6.04 Å². The maximum absolute atomic E-state index is 11.5. The molecule has 1 fully saturated rings. The fraction of sp³-hybridized carbons (Fsp3) is 0.417. The van der Waals surface area contributed by atoms with Crippen LogP contribution in [0.25, 0.3) is 0 Å². The predicted octanol–water partition coefficient (Wildman–Crippen LogP) is 2.18. The number of hydrogen-bond acceptors (Lipinski definition) is 3. The number of benzene rings is 1. The molecule has 0 aromatic heterocycles. The van der Waals surface area contributed by atoms with Gasteiger partial charge in [-0.1, -0.05) is 35.3 Å². The molecule has 104 valence electrons. The van der Waals surface area contributed by atoms with E-state index in [0.29, 0.717) is 35.2 Å². The lowest BCUT2D eigenvalue weighted by Gasteiger charge is -2.32. The summed E-state index contributed by atoms with van der Waals surface area (Å²) in [5, 5.41) is 10.0. The first-order valence-corrected chi connectivity index (χ1v) is 8.01. The molecule has 0 bridgehead atoms. The third kappa shape index (κ3) is 3.28. The van der Waals surface area contributed by atoms with Gasteiger partial charge in [0.25, 0.3) is 0 Å². The summed E-state index contributed by atoms with van der Waals surface area (Å²) in [6.07, 6.45) is 0. The Balaban J connectivity index is 2.32. The number of carboxylic acid groups (broad SMARTS) is 1. The number of halogens is 2. The Labute approximate surface area is 123 Å². The van der Waals surface area contributed by atoms with Gasteiger partial charge in [-0.25, -0.2) is 0 Å². The van der Waals surface area contributed by atoms with Crippen molar-refractivity contribution in [1.82, 2.24) is 4.90 Å². The van der Waals surface area contributed by atoms with Crippen LogP contribution in [0, 0.1) is 0 Å². The number of hydrogen-bond donors (Lipinski definition) is 1. The smallest absolute Gasteiger partial charge is 0.325 e. The standard InChI is InChI=1S/C12H13Cl2NO3S/c13-9-3-1-2-8(10(9)14)11(12(16)17)15-4-6-19(18)7-5-15/h1-3,11H,4-7H2,(H,16,17). The molecule has 19 heavy (non-hydrogen) atoms. The van der Waals surface area contributed by atoms with E-state index >= 15 is 0 Å². The number of nitrogens with zero attached hydrogens (tertiary/aromatic N) is 1.